The van der Waals surface area contributed by atoms with E-state index in [0.717, 1.165) is 29.9 Å². The van der Waals surface area contributed by atoms with E-state index in [1.54, 1.807) is 12.1 Å². The Morgan fingerprint density at radius 2 is 1.68 bits per heavy atom. The first-order valence-corrected chi connectivity index (χ1v) is 12.7. The molecule has 192 valence electrons. The standard InChI is InChI=1S/C30H31ClN2O4/c1-6-32(7-2)22-12-9-20(10-13-22)27-26(28(34)23-17-21(31)11-15-25(23)37-5)29(35)30(36)33(27)24-14-8-18(3)16-19(24)4/h8-17,27,34H,6-7H2,1-5H3/b28-26+. The fourth-order valence-electron chi connectivity index (χ4n) is 4.94. The van der Waals surface area contributed by atoms with Crippen molar-refractivity contribution in [3.63, 3.8) is 0 Å². The molecule has 1 aliphatic heterocycles. The van der Waals surface area contributed by atoms with Gasteiger partial charge in [-0.15, -0.1) is 0 Å². The van der Waals surface area contributed by atoms with Crippen LogP contribution in [0.2, 0.25) is 5.02 Å². The Hall–Kier alpha value is -3.77. The highest BCUT2D eigenvalue weighted by atomic mass is 35.5. The average Bonchev–Trinajstić information content (AvgIpc) is 3.15. The number of hydrogen-bond acceptors (Lipinski definition) is 5. The van der Waals surface area contributed by atoms with Gasteiger partial charge in [-0.3, -0.25) is 14.5 Å². The minimum atomic E-state index is -0.837. The maximum absolute atomic E-state index is 13.5. The summed E-state index contributed by atoms with van der Waals surface area (Å²) < 4.78 is 5.43. The summed E-state index contributed by atoms with van der Waals surface area (Å²) in [5.41, 5.74) is 4.49. The molecule has 1 atom stereocenters. The third-order valence-corrected chi connectivity index (χ3v) is 7.05. The second kappa shape index (κ2) is 10.7. The predicted molar refractivity (Wildman–Crippen MR) is 149 cm³/mol. The summed E-state index contributed by atoms with van der Waals surface area (Å²) in [6, 6.07) is 17.4. The molecule has 1 saturated heterocycles. The molecule has 0 bridgehead atoms. The summed E-state index contributed by atoms with van der Waals surface area (Å²) >= 11 is 6.22. The molecule has 0 spiro atoms. The minimum Gasteiger partial charge on any atom is -0.507 e. The van der Waals surface area contributed by atoms with Gasteiger partial charge in [-0.25, -0.2) is 0 Å². The fraction of sp³-hybridized carbons (Fsp3) is 0.267. The van der Waals surface area contributed by atoms with Crippen LogP contribution >= 0.6 is 11.6 Å². The second-order valence-corrected chi connectivity index (χ2v) is 9.50. The molecule has 0 aliphatic carbocycles. The predicted octanol–water partition coefficient (Wildman–Crippen LogP) is 6.44. The monoisotopic (exact) mass is 518 g/mol. The molecule has 1 amide bonds. The van der Waals surface area contributed by atoms with Crippen LogP contribution in [0.25, 0.3) is 5.76 Å². The van der Waals surface area contributed by atoms with Crippen molar-refractivity contribution in [1.29, 1.82) is 0 Å². The number of anilines is 2. The quantitative estimate of drug-likeness (QED) is 0.221. The molecule has 0 aromatic heterocycles. The second-order valence-electron chi connectivity index (χ2n) is 9.07. The number of amides is 1. The minimum absolute atomic E-state index is 0.0128. The van der Waals surface area contributed by atoms with Crippen LogP contribution in [-0.2, 0) is 9.59 Å². The highest BCUT2D eigenvalue weighted by Crippen LogP contribution is 2.44. The summed E-state index contributed by atoms with van der Waals surface area (Å²) in [6.07, 6.45) is 0. The van der Waals surface area contributed by atoms with Crippen molar-refractivity contribution in [2.24, 2.45) is 0 Å². The van der Waals surface area contributed by atoms with Crippen molar-refractivity contribution in [1.82, 2.24) is 0 Å². The van der Waals surface area contributed by atoms with Gasteiger partial charge in [0.15, 0.2) is 0 Å². The van der Waals surface area contributed by atoms with Crippen molar-refractivity contribution in [3.8, 4) is 5.75 Å². The molecule has 1 fully saturated rings. The number of nitrogens with zero attached hydrogens (tertiary/aromatic N) is 2. The van der Waals surface area contributed by atoms with Gasteiger partial charge in [0, 0.05) is 29.5 Å². The molecule has 7 heteroatoms. The maximum atomic E-state index is 13.5. The number of aliphatic hydroxyl groups excluding tert-OH is 1. The van der Waals surface area contributed by atoms with Gasteiger partial charge in [0.05, 0.1) is 24.3 Å². The topological polar surface area (TPSA) is 70.1 Å². The van der Waals surface area contributed by atoms with Gasteiger partial charge in [-0.1, -0.05) is 41.4 Å². The largest absolute Gasteiger partial charge is 0.507 e. The van der Waals surface area contributed by atoms with Crippen molar-refractivity contribution < 1.29 is 19.4 Å². The molecule has 6 nitrogen and oxygen atoms in total. The normalized spacial score (nSPS) is 16.8. The zero-order chi connectivity index (χ0) is 26.9. The number of rotatable bonds is 7. The molecule has 3 aromatic rings. The number of ether oxygens (including phenoxy) is 1. The Balaban J connectivity index is 1.96. The van der Waals surface area contributed by atoms with Gasteiger partial charge >= 0.3 is 0 Å². The molecule has 0 radical (unpaired) electrons. The zero-order valence-electron chi connectivity index (χ0n) is 21.7. The third kappa shape index (κ3) is 4.81. The van der Waals surface area contributed by atoms with E-state index in [-0.39, 0.29) is 16.9 Å². The molecule has 3 aromatic carbocycles. The van der Waals surface area contributed by atoms with Crippen LogP contribution in [0.15, 0.2) is 66.2 Å². The smallest absolute Gasteiger partial charge is 0.300 e. The summed E-state index contributed by atoms with van der Waals surface area (Å²) in [6.45, 7) is 9.76. The fourth-order valence-corrected chi connectivity index (χ4v) is 5.11. The van der Waals surface area contributed by atoms with E-state index in [9.17, 15) is 14.7 Å². The number of Topliss-reactive ketones (excluding diaryl/α,β-unsaturated/α-hetero) is 1. The van der Waals surface area contributed by atoms with Crippen molar-refractivity contribution >= 4 is 40.4 Å². The lowest BCUT2D eigenvalue weighted by molar-refractivity contribution is -0.132. The van der Waals surface area contributed by atoms with E-state index in [0.29, 0.717) is 22.0 Å². The number of ketones is 1. The van der Waals surface area contributed by atoms with Gasteiger partial charge in [0.1, 0.15) is 11.5 Å². The van der Waals surface area contributed by atoms with E-state index >= 15 is 0 Å². The molecule has 1 unspecified atom stereocenters. The van der Waals surface area contributed by atoms with Crippen LogP contribution < -0.4 is 14.5 Å². The highest BCUT2D eigenvalue weighted by molar-refractivity contribution is 6.52. The number of benzene rings is 3. The molecular weight excluding hydrogens is 488 g/mol. The highest BCUT2D eigenvalue weighted by Gasteiger charge is 2.47. The number of aryl methyl sites for hydroxylation is 2. The lowest BCUT2D eigenvalue weighted by Gasteiger charge is -2.28. The van der Waals surface area contributed by atoms with Crippen LogP contribution in [0, 0.1) is 13.8 Å². The lowest BCUT2D eigenvalue weighted by Crippen LogP contribution is -2.30. The number of hydrogen-bond donors (Lipinski definition) is 1. The van der Waals surface area contributed by atoms with Crippen LogP contribution in [-0.4, -0.2) is 37.0 Å². The maximum Gasteiger partial charge on any atom is 0.300 e. The number of methoxy groups -OCH3 is 1. The third-order valence-electron chi connectivity index (χ3n) is 6.81. The zero-order valence-corrected chi connectivity index (χ0v) is 22.5. The first-order chi connectivity index (χ1) is 17.7. The van der Waals surface area contributed by atoms with E-state index < -0.39 is 17.7 Å². The molecule has 37 heavy (non-hydrogen) atoms. The molecule has 1 N–H and O–H groups in total. The van der Waals surface area contributed by atoms with E-state index in [2.05, 4.69) is 18.7 Å². The molecular formula is C30H31ClN2O4. The molecule has 4 rings (SSSR count). The number of aliphatic hydroxyl groups is 1. The first-order valence-electron chi connectivity index (χ1n) is 12.3. The summed E-state index contributed by atoms with van der Waals surface area (Å²) in [5.74, 6) is -1.46. The first kappa shape index (κ1) is 26.3. The Morgan fingerprint density at radius 1 is 1.00 bits per heavy atom. The lowest BCUT2D eigenvalue weighted by atomic mass is 9.94. The molecule has 1 aliphatic rings. The van der Waals surface area contributed by atoms with Crippen LogP contribution in [0.5, 0.6) is 5.75 Å². The number of halogens is 1. The van der Waals surface area contributed by atoms with Gasteiger partial charge < -0.3 is 14.7 Å². The summed E-state index contributed by atoms with van der Waals surface area (Å²) in [4.78, 5) is 30.7. The number of carbonyl (C=O) groups excluding carboxylic acids is 2. The van der Waals surface area contributed by atoms with Crippen molar-refractivity contribution in [2.45, 2.75) is 33.7 Å². The van der Waals surface area contributed by atoms with Gasteiger partial charge in [-0.05, 0) is 75.2 Å². The van der Waals surface area contributed by atoms with Crippen molar-refractivity contribution in [3.05, 3.63) is 93.5 Å². The average molecular weight is 519 g/mol. The van der Waals surface area contributed by atoms with Crippen LogP contribution in [0.1, 0.15) is 42.1 Å². The Morgan fingerprint density at radius 3 is 2.27 bits per heavy atom. The Kier molecular flexibility index (Phi) is 7.60. The van der Waals surface area contributed by atoms with Gasteiger partial charge in [0.25, 0.3) is 11.7 Å². The van der Waals surface area contributed by atoms with E-state index in [1.807, 2.05) is 56.3 Å². The van der Waals surface area contributed by atoms with Crippen LogP contribution in [0.3, 0.4) is 0 Å². The Labute approximate surface area is 222 Å². The van der Waals surface area contributed by atoms with E-state index in [1.165, 1.54) is 18.1 Å². The Bertz CT molecular complexity index is 1380. The summed E-state index contributed by atoms with van der Waals surface area (Å²) in [7, 11) is 1.47. The number of carbonyl (C=O) groups is 2. The molecule has 0 saturated carbocycles. The van der Waals surface area contributed by atoms with E-state index in [4.69, 9.17) is 16.3 Å². The van der Waals surface area contributed by atoms with Gasteiger partial charge in [0.2, 0.25) is 0 Å². The SMILES string of the molecule is CCN(CC)c1ccc(C2/C(=C(\O)c3cc(Cl)ccc3OC)C(=O)C(=O)N2c2ccc(C)cc2C)cc1. The van der Waals surface area contributed by atoms with Crippen molar-refractivity contribution in [2.75, 3.05) is 30.0 Å². The molecule has 1 heterocycles. The van der Waals surface area contributed by atoms with Gasteiger partial charge in [-0.2, -0.15) is 0 Å². The van der Waals surface area contributed by atoms with Crippen LogP contribution in [0.4, 0.5) is 11.4 Å². The summed E-state index contributed by atoms with van der Waals surface area (Å²) in [5, 5.41) is 11.9.